The largest absolute Gasteiger partial charge is 0.383 e. The molecule has 0 bridgehead atoms. The molecule has 0 amide bonds. The van der Waals surface area contributed by atoms with E-state index in [1.165, 1.54) is 10.9 Å². The highest BCUT2D eigenvalue weighted by molar-refractivity contribution is 7.17. The SMILES string of the molecule is Cc1ccc(N(c2ccc(Cl)cc2)c2ccc(/C=C3/C(=O)c4cc5ccccc5cc4C3O)s2)c2ccccc12. The van der Waals surface area contributed by atoms with Gasteiger partial charge in [0.15, 0.2) is 5.78 Å². The van der Waals surface area contributed by atoms with E-state index in [1.54, 1.807) is 11.3 Å². The quantitative estimate of drug-likeness (QED) is 0.219. The molecule has 5 aromatic carbocycles. The number of halogens is 1. The van der Waals surface area contributed by atoms with Gasteiger partial charge in [-0.15, -0.1) is 11.3 Å². The van der Waals surface area contributed by atoms with E-state index in [-0.39, 0.29) is 5.78 Å². The molecule has 1 heterocycles. The summed E-state index contributed by atoms with van der Waals surface area (Å²) in [4.78, 5) is 16.5. The van der Waals surface area contributed by atoms with Crippen molar-refractivity contribution >= 4 is 72.7 Å². The van der Waals surface area contributed by atoms with Crippen LogP contribution in [0.3, 0.4) is 0 Å². The Morgan fingerprint density at radius 2 is 1.52 bits per heavy atom. The molecule has 0 saturated carbocycles. The van der Waals surface area contributed by atoms with Crippen molar-refractivity contribution in [1.82, 2.24) is 0 Å². The monoisotopic (exact) mass is 557 g/mol. The van der Waals surface area contributed by atoms with Gasteiger partial charge in [0.1, 0.15) is 11.1 Å². The number of anilines is 3. The minimum atomic E-state index is -0.953. The van der Waals surface area contributed by atoms with Crippen molar-refractivity contribution in [2.24, 2.45) is 0 Å². The molecule has 1 atom stereocenters. The molecule has 0 fully saturated rings. The van der Waals surface area contributed by atoms with Crippen molar-refractivity contribution in [2.75, 3.05) is 4.90 Å². The first-order valence-electron chi connectivity index (χ1n) is 13.1. The van der Waals surface area contributed by atoms with Crippen LogP contribution in [0.15, 0.2) is 115 Å². The highest BCUT2D eigenvalue weighted by Crippen LogP contribution is 2.44. The lowest BCUT2D eigenvalue weighted by Crippen LogP contribution is -2.09. The number of hydrogen-bond acceptors (Lipinski definition) is 4. The molecule has 1 aliphatic rings. The van der Waals surface area contributed by atoms with Gasteiger partial charge in [0.05, 0.1) is 5.69 Å². The zero-order chi connectivity index (χ0) is 27.4. The van der Waals surface area contributed by atoms with Crippen molar-refractivity contribution in [3.63, 3.8) is 0 Å². The number of hydrogen-bond donors (Lipinski definition) is 1. The summed E-state index contributed by atoms with van der Waals surface area (Å²) in [5, 5.41) is 17.2. The molecule has 1 aliphatic carbocycles. The van der Waals surface area contributed by atoms with Gasteiger partial charge in [-0.1, -0.05) is 66.2 Å². The smallest absolute Gasteiger partial charge is 0.192 e. The maximum atomic E-state index is 13.4. The molecule has 1 aromatic heterocycles. The third kappa shape index (κ3) is 4.13. The number of Topliss-reactive ketones (excluding diaryl/α,β-unsaturated/α-hetero) is 1. The second kappa shape index (κ2) is 9.76. The van der Waals surface area contributed by atoms with E-state index in [4.69, 9.17) is 11.6 Å². The van der Waals surface area contributed by atoms with E-state index in [1.807, 2.05) is 72.8 Å². The van der Waals surface area contributed by atoms with Crippen LogP contribution in [0, 0.1) is 6.92 Å². The maximum absolute atomic E-state index is 13.4. The Hall–Kier alpha value is -4.22. The van der Waals surface area contributed by atoms with Crippen molar-refractivity contribution < 1.29 is 9.90 Å². The molecule has 0 radical (unpaired) electrons. The zero-order valence-electron chi connectivity index (χ0n) is 21.6. The normalized spacial score (nSPS) is 15.7. The number of ketones is 1. The van der Waals surface area contributed by atoms with Crippen LogP contribution in [-0.4, -0.2) is 10.9 Å². The van der Waals surface area contributed by atoms with Crippen LogP contribution < -0.4 is 4.90 Å². The van der Waals surface area contributed by atoms with Crippen LogP contribution >= 0.6 is 22.9 Å². The molecule has 0 spiro atoms. The summed E-state index contributed by atoms with van der Waals surface area (Å²) in [6, 6.07) is 36.3. The first-order chi connectivity index (χ1) is 19.5. The summed E-state index contributed by atoms with van der Waals surface area (Å²) >= 11 is 7.82. The fourth-order valence-electron chi connectivity index (χ4n) is 5.57. The number of benzene rings is 5. The fourth-order valence-corrected chi connectivity index (χ4v) is 6.69. The summed E-state index contributed by atoms with van der Waals surface area (Å²) in [5.41, 5.74) is 4.89. The Labute approximate surface area is 241 Å². The number of fused-ring (bicyclic) bond motifs is 3. The highest BCUT2D eigenvalue weighted by Gasteiger charge is 2.33. The van der Waals surface area contributed by atoms with E-state index in [0.717, 1.165) is 37.4 Å². The van der Waals surface area contributed by atoms with Gasteiger partial charge in [0.25, 0.3) is 0 Å². The molecule has 0 aliphatic heterocycles. The molecule has 7 rings (SSSR count). The number of carbonyl (C=O) groups excluding carboxylic acids is 1. The Morgan fingerprint density at radius 1 is 0.825 bits per heavy atom. The number of aryl methyl sites for hydroxylation is 1. The topological polar surface area (TPSA) is 40.5 Å². The number of rotatable bonds is 4. The minimum Gasteiger partial charge on any atom is -0.383 e. The van der Waals surface area contributed by atoms with Crippen LogP contribution in [0.1, 0.15) is 32.5 Å². The van der Waals surface area contributed by atoms with Gasteiger partial charge in [0.2, 0.25) is 0 Å². The van der Waals surface area contributed by atoms with Crippen molar-refractivity contribution in [2.45, 2.75) is 13.0 Å². The summed E-state index contributed by atoms with van der Waals surface area (Å²) in [6.07, 6.45) is 0.880. The molecule has 40 heavy (non-hydrogen) atoms. The van der Waals surface area contributed by atoms with Crippen LogP contribution in [0.25, 0.3) is 27.6 Å². The predicted octanol–water partition coefficient (Wildman–Crippen LogP) is 9.80. The van der Waals surface area contributed by atoms with Crippen LogP contribution in [-0.2, 0) is 0 Å². The Morgan fingerprint density at radius 3 is 2.30 bits per heavy atom. The van der Waals surface area contributed by atoms with Gasteiger partial charge in [0, 0.05) is 32.1 Å². The number of thiophene rings is 1. The van der Waals surface area contributed by atoms with E-state index in [0.29, 0.717) is 21.7 Å². The lowest BCUT2D eigenvalue weighted by atomic mass is 10.0. The fraction of sp³-hybridized carbons (Fsp3) is 0.0571. The highest BCUT2D eigenvalue weighted by atomic mass is 35.5. The van der Waals surface area contributed by atoms with E-state index < -0.39 is 6.10 Å². The third-order valence-electron chi connectivity index (χ3n) is 7.59. The van der Waals surface area contributed by atoms with E-state index in [9.17, 15) is 9.90 Å². The molecular weight excluding hydrogens is 534 g/mol. The van der Waals surface area contributed by atoms with Crippen molar-refractivity contribution in [1.29, 1.82) is 0 Å². The summed E-state index contributed by atoms with van der Waals surface area (Å²) < 4.78 is 0. The number of carbonyl (C=O) groups is 1. The van der Waals surface area contributed by atoms with Gasteiger partial charge in [-0.05, 0) is 94.9 Å². The van der Waals surface area contributed by atoms with Crippen molar-refractivity contribution in [3.8, 4) is 0 Å². The Kier molecular flexibility index (Phi) is 6.05. The second-order valence-electron chi connectivity index (χ2n) is 10.1. The Bertz CT molecular complexity index is 1970. The van der Waals surface area contributed by atoms with Crippen LogP contribution in [0.5, 0.6) is 0 Å². The van der Waals surface area contributed by atoms with E-state index >= 15 is 0 Å². The average molecular weight is 558 g/mol. The molecule has 0 saturated heterocycles. The number of nitrogens with zero attached hydrogens (tertiary/aromatic N) is 1. The molecule has 3 nitrogen and oxygen atoms in total. The standard InChI is InChI=1S/C35H24ClNO2S/c1-21-10-16-32(28-9-5-4-8-27(21)28)37(25-13-11-24(36)12-14-25)33-17-15-26(40-33)20-31-34(38)29-18-22-6-2-3-7-23(22)19-30(29)35(31)39/h2-20,34,38H,1H3/b31-20+. The molecular formula is C35H24ClNO2S. The zero-order valence-corrected chi connectivity index (χ0v) is 23.2. The third-order valence-corrected chi connectivity index (χ3v) is 8.86. The minimum absolute atomic E-state index is 0.123. The van der Waals surface area contributed by atoms with Crippen LogP contribution in [0.4, 0.5) is 16.4 Å². The van der Waals surface area contributed by atoms with Gasteiger partial charge in [-0.25, -0.2) is 0 Å². The van der Waals surface area contributed by atoms with Crippen LogP contribution in [0.2, 0.25) is 5.02 Å². The van der Waals surface area contributed by atoms with Gasteiger partial charge in [-0.3, -0.25) is 4.79 Å². The maximum Gasteiger partial charge on any atom is 0.192 e. The van der Waals surface area contributed by atoms with Gasteiger partial charge in [-0.2, -0.15) is 0 Å². The number of aliphatic hydroxyl groups is 1. The molecule has 5 heteroatoms. The summed E-state index contributed by atoms with van der Waals surface area (Å²) in [5.74, 6) is -0.123. The van der Waals surface area contributed by atoms with E-state index in [2.05, 4.69) is 54.3 Å². The van der Waals surface area contributed by atoms with Gasteiger partial charge < -0.3 is 10.0 Å². The lowest BCUT2D eigenvalue weighted by Gasteiger charge is -2.25. The predicted molar refractivity (Wildman–Crippen MR) is 167 cm³/mol. The number of aliphatic hydroxyl groups excluding tert-OH is 1. The molecule has 194 valence electrons. The van der Waals surface area contributed by atoms with Crippen molar-refractivity contribution in [3.05, 3.63) is 141 Å². The average Bonchev–Trinajstić information content (AvgIpc) is 3.53. The first kappa shape index (κ1) is 24.8. The summed E-state index contributed by atoms with van der Waals surface area (Å²) in [7, 11) is 0. The molecule has 1 N–H and O–H groups in total. The second-order valence-corrected chi connectivity index (χ2v) is 11.6. The Balaban J connectivity index is 1.32. The van der Waals surface area contributed by atoms with Gasteiger partial charge >= 0.3 is 0 Å². The molecule has 1 unspecified atom stereocenters. The lowest BCUT2D eigenvalue weighted by molar-refractivity contribution is 0.102. The molecule has 6 aromatic rings. The first-order valence-corrected chi connectivity index (χ1v) is 14.3. The summed E-state index contributed by atoms with van der Waals surface area (Å²) in [6.45, 7) is 2.12.